The van der Waals surface area contributed by atoms with E-state index in [1.807, 2.05) is 18.2 Å². The van der Waals surface area contributed by atoms with Gasteiger partial charge in [-0.3, -0.25) is 4.79 Å². The van der Waals surface area contributed by atoms with Crippen molar-refractivity contribution in [1.82, 2.24) is 19.4 Å². The predicted octanol–water partition coefficient (Wildman–Crippen LogP) is 3.27. The summed E-state index contributed by atoms with van der Waals surface area (Å²) in [7, 11) is -3.70. The molecule has 1 aliphatic heterocycles. The monoisotopic (exact) mass is 473 g/mol. The number of rotatable bonds is 6. The van der Waals surface area contributed by atoms with Gasteiger partial charge >= 0.3 is 0 Å². The number of pyridine rings is 2. The van der Waals surface area contributed by atoms with E-state index >= 15 is 0 Å². The number of hydrogen-bond acceptors (Lipinski definition) is 8. The fraction of sp³-hybridized carbons (Fsp3) is 0.333. The molecule has 4 heterocycles. The molecule has 168 valence electrons. The first-order chi connectivity index (χ1) is 15.3. The Morgan fingerprint density at radius 3 is 2.53 bits per heavy atom. The lowest BCUT2D eigenvalue weighted by molar-refractivity contribution is -0.120. The Labute approximate surface area is 190 Å². The molecule has 32 heavy (non-hydrogen) atoms. The largest absolute Gasteiger partial charge is 0.360 e. The van der Waals surface area contributed by atoms with E-state index in [9.17, 15) is 13.2 Å². The zero-order valence-corrected chi connectivity index (χ0v) is 19.3. The van der Waals surface area contributed by atoms with Crippen molar-refractivity contribution in [3.05, 3.63) is 54.2 Å². The molecule has 1 fully saturated rings. The van der Waals surface area contributed by atoms with E-state index in [2.05, 4.69) is 20.4 Å². The normalized spacial score (nSPS) is 15.6. The van der Waals surface area contributed by atoms with Gasteiger partial charge in [-0.15, -0.1) is 0 Å². The van der Waals surface area contributed by atoms with Crippen molar-refractivity contribution in [2.75, 3.05) is 18.4 Å². The van der Waals surface area contributed by atoms with Crippen LogP contribution in [0.15, 0.2) is 62.2 Å². The van der Waals surface area contributed by atoms with E-state index in [0.717, 1.165) is 10.1 Å². The number of hydrogen-bond donors (Lipinski definition) is 1. The summed E-state index contributed by atoms with van der Waals surface area (Å²) in [6.45, 7) is 3.73. The van der Waals surface area contributed by atoms with E-state index in [1.54, 1.807) is 38.4 Å². The van der Waals surface area contributed by atoms with Gasteiger partial charge in [-0.2, -0.15) is 4.31 Å². The molecule has 1 saturated heterocycles. The van der Waals surface area contributed by atoms with Gasteiger partial charge < -0.3 is 9.84 Å². The van der Waals surface area contributed by atoms with Gasteiger partial charge in [0.05, 0.1) is 0 Å². The van der Waals surface area contributed by atoms with Crippen LogP contribution in [-0.4, -0.2) is 46.8 Å². The minimum Gasteiger partial charge on any atom is -0.360 e. The van der Waals surface area contributed by atoms with Gasteiger partial charge in [-0.25, -0.2) is 18.4 Å². The SMILES string of the molecule is Cc1noc(C)c1S(=O)(=O)N1CCC(C(=O)Nc2ccnc(Sc3ccccn3)c2)CC1. The van der Waals surface area contributed by atoms with E-state index in [4.69, 9.17) is 4.52 Å². The molecule has 1 aliphatic rings. The number of sulfonamides is 1. The highest BCUT2D eigenvalue weighted by Gasteiger charge is 2.35. The molecule has 3 aromatic rings. The van der Waals surface area contributed by atoms with Crippen molar-refractivity contribution in [1.29, 1.82) is 0 Å². The van der Waals surface area contributed by atoms with Crippen molar-refractivity contribution in [2.45, 2.75) is 41.6 Å². The van der Waals surface area contributed by atoms with Crippen LogP contribution < -0.4 is 5.32 Å². The van der Waals surface area contributed by atoms with E-state index in [1.165, 1.54) is 16.1 Å². The number of carbonyl (C=O) groups excluding carboxylic acids is 1. The Hall–Kier alpha value is -2.76. The molecular formula is C21H23N5O4S2. The quantitative estimate of drug-likeness (QED) is 0.579. The Bertz CT molecular complexity index is 1190. The van der Waals surface area contributed by atoms with Gasteiger partial charge in [0, 0.05) is 37.1 Å². The van der Waals surface area contributed by atoms with Crippen molar-refractivity contribution >= 4 is 33.4 Å². The van der Waals surface area contributed by atoms with Crippen LogP contribution in [0.5, 0.6) is 0 Å². The van der Waals surface area contributed by atoms with Gasteiger partial charge in [0.2, 0.25) is 15.9 Å². The second kappa shape index (κ2) is 9.39. The van der Waals surface area contributed by atoms with Crippen LogP contribution in [0.1, 0.15) is 24.3 Å². The van der Waals surface area contributed by atoms with Crippen LogP contribution in [0, 0.1) is 19.8 Å². The molecule has 0 radical (unpaired) electrons. The summed E-state index contributed by atoms with van der Waals surface area (Å²) in [5.74, 6) is -0.120. The van der Waals surface area contributed by atoms with Crippen LogP contribution in [0.2, 0.25) is 0 Å². The third kappa shape index (κ3) is 4.84. The van der Waals surface area contributed by atoms with E-state index in [-0.39, 0.29) is 35.6 Å². The number of piperidine rings is 1. The zero-order valence-electron chi connectivity index (χ0n) is 17.7. The third-order valence-electron chi connectivity index (χ3n) is 5.24. The molecule has 3 aromatic heterocycles. The molecule has 0 saturated carbocycles. The number of nitrogens with one attached hydrogen (secondary N) is 1. The lowest BCUT2D eigenvalue weighted by Crippen LogP contribution is -2.41. The summed E-state index contributed by atoms with van der Waals surface area (Å²) in [6.07, 6.45) is 4.23. The van der Waals surface area contributed by atoms with Gasteiger partial charge in [0.1, 0.15) is 20.6 Å². The molecule has 0 unspecified atom stereocenters. The van der Waals surface area contributed by atoms with Crippen molar-refractivity contribution in [3.63, 3.8) is 0 Å². The first kappa shape index (κ1) is 22.4. The summed E-state index contributed by atoms with van der Waals surface area (Å²) in [5, 5.41) is 8.22. The Morgan fingerprint density at radius 2 is 1.88 bits per heavy atom. The maximum absolute atomic E-state index is 13.0. The zero-order chi connectivity index (χ0) is 22.7. The van der Waals surface area contributed by atoms with Crippen LogP contribution in [0.3, 0.4) is 0 Å². The number of amides is 1. The summed E-state index contributed by atoms with van der Waals surface area (Å²) in [6, 6.07) is 9.17. The molecule has 0 aliphatic carbocycles. The van der Waals surface area contributed by atoms with Crippen LogP contribution in [0.4, 0.5) is 5.69 Å². The molecule has 0 atom stereocenters. The topological polar surface area (TPSA) is 118 Å². The minimum absolute atomic E-state index is 0.120. The van der Waals surface area contributed by atoms with Crippen molar-refractivity contribution in [2.24, 2.45) is 5.92 Å². The average molecular weight is 474 g/mol. The van der Waals surface area contributed by atoms with Gasteiger partial charge in [-0.05, 0) is 51.0 Å². The fourth-order valence-corrected chi connectivity index (χ4v) is 6.17. The summed E-state index contributed by atoms with van der Waals surface area (Å²) < 4.78 is 32.3. The maximum Gasteiger partial charge on any atom is 0.248 e. The van der Waals surface area contributed by atoms with E-state index < -0.39 is 10.0 Å². The van der Waals surface area contributed by atoms with E-state index in [0.29, 0.717) is 24.2 Å². The second-order valence-electron chi connectivity index (χ2n) is 7.47. The molecule has 1 amide bonds. The average Bonchev–Trinajstić information content (AvgIpc) is 3.13. The number of aromatic nitrogens is 3. The second-order valence-corrected chi connectivity index (χ2v) is 10.4. The molecule has 0 bridgehead atoms. The third-order valence-corrected chi connectivity index (χ3v) is 8.27. The Morgan fingerprint density at radius 1 is 1.12 bits per heavy atom. The number of carbonyl (C=O) groups is 1. The molecule has 1 N–H and O–H groups in total. The molecule has 11 heteroatoms. The molecule has 0 spiro atoms. The van der Waals surface area contributed by atoms with Gasteiger partial charge in [0.25, 0.3) is 0 Å². The number of anilines is 1. The predicted molar refractivity (Wildman–Crippen MR) is 119 cm³/mol. The fourth-order valence-electron chi connectivity index (χ4n) is 3.63. The lowest BCUT2D eigenvalue weighted by Gasteiger charge is -2.30. The maximum atomic E-state index is 13.0. The Balaban J connectivity index is 1.37. The van der Waals surface area contributed by atoms with Crippen molar-refractivity contribution in [3.8, 4) is 0 Å². The number of aryl methyl sites for hydroxylation is 2. The highest BCUT2D eigenvalue weighted by Crippen LogP contribution is 2.29. The molecule has 4 rings (SSSR count). The summed E-state index contributed by atoms with van der Waals surface area (Å²) in [4.78, 5) is 21.5. The molecule has 9 nitrogen and oxygen atoms in total. The molecular weight excluding hydrogens is 450 g/mol. The molecule has 0 aromatic carbocycles. The number of nitrogens with zero attached hydrogens (tertiary/aromatic N) is 4. The first-order valence-corrected chi connectivity index (χ1v) is 12.4. The smallest absolute Gasteiger partial charge is 0.248 e. The van der Waals surface area contributed by atoms with Crippen LogP contribution in [-0.2, 0) is 14.8 Å². The standard InChI is InChI=1S/C21H23N5O4S2/c1-14-20(15(2)30-25-14)32(28,29)26-11-7-16(8-12-26)21(27)24-17-6-10-23-19(13-17)31-18-5-3-4-9-22-18/h3-6,9-10,13,16H,7-8,11-12H2,1-2H3,(H,23,24,27). The summed E-state index contributed by atoms with van der Waals surface area (Å²) >= 11 is 1.41. The summed E-state index contributed by atoms with van der Waals surface area (Å²) in [5.41, 5.74) is 0.994. The highest BCUT2D eigenvalue weighted by molar-refractivity contribution is 7.99. The lowest BCUT2D eigenvalue weighted by atomic mass is 9.97. The van der Waals surface area contributed by atoms with Crippen molar-refractivity contribution < 1.29 is 17.7 Å². The highest BCUT2D eigenvalue weighted by atomic mass is 32.2. The minimum atomic E-state index is -3.70. The Kier molecular flexibility index (Phi) is 6.58. The van der Waals surface area contributed by atoms with Gasteiger partial charge in [0.15, 0.2) is 5.76 Å². The first-order valence-electron chi connectivity index (χ1n) is 10.1. The van der Waals surface area contributed by atoms with Crippen LogP contribution in [0.25, 0.3) is 0 Å². The van der Waals surface area contributed by atoms with Crippen LogP contribution >= 0.6 is 11.8 Å². The van der Waals surface area contributed by atoms with Gasteiger partial charge in [-0.1, -0.05) is 23.0 Å².